The van der Waals surface area contributed by atoms with Gasteiger partial charge in [0.25, 0.3) is 5.92 Å². The molecule has 0 spiro atoms. The van der Waals surface area contributed by atoms with Gasteiger partial charge in [0, 0.05) is 44.9 Å². The van der Waals surface area contributed by atoms with Gasteiger partial charge in [0.05, 0.1) is 11.8 Å². The lowest BCUT2D eigenvalue weighted by molar-refractivity contribution is -0.118. The van der Waals surface area contributed by atoms with Crippen LogP contribution in [0.1, 0.15) is 24.6 Å². The van der Waals surface area contributed by atoms with Crippen molar-refractivity contribution >= 4 is 11.5 Å². The van der Waals surface area contributed by atoms with Crippen molar-refractivity contribution in [3.8, 4) is 0 Å². The third-order valence-corrected chi connectivity index (χ3v) is 6.02. The van der Waals surface area contributed by atoms with E-state index in [4.69, 9.17) is 20.9 Å². The van der Waals surface area contributed by atoms with E-state index in [-0.39, 0.29) is 30.7 Å². The highest BCUT2D eigenvalue weighted by Crippen LogP contribution is 2.42. The van der Waals surface area contributed by atoms with Crippen LogP contribution in [0.15, 0.2) is 57.8 Å². The van der Waals surface area contributed by atoms with E-state index in [9.17, 15) is 18.0 Å². The summed E-state index contributed by atoms with van der Waals surface area (Å²) in [6, 6.07) is 7.20. The number of hydrogen-bond acceptors (Lipinski definition) is 8. The van der Waals surface area contributed by atoms with E-state index in [0.29, 0.717) is 25.2 Å². The lowest BCUT2D eigenvalue weighted by atomic mass is 10.0. The molecule has 1 aromatic carbocycles. The van der Waals surface area contributed by atoms with Crippen molar-refractivity contribution in [2.45, 2.75) is 37.7 Å². The van der Waals surface area contributed by atoms with Crippen molar-refractivity contribution in [2.24, 2.45) is 10.7 Å². The normalized spacial score (nSPS) is 25.1. The first-order valence-electron chi connectivity index (χ1n) is 11.1. The first-order chi connectivity index (χ1) is 16.7. The Morgan fingerprint density at radius 3 is 2.74 bits per heavy atom. The van der Waals surface area contributed by atoms with Gasteiger partial charge in [0.2, 0.25) is 6.23 Å². The number of anilines is 1. The lowest BCUT2D eigenvalue weighted by Gasteiger charge is -2.31. The average molecular weight is 493 g/mol. The molecule has 188 valence electrons. The lowest BCUT2D eigenvalue weighted by Crippen LogP contribution is -2.42. The molecular formula is C23H27F3N6O3. The average Bonchev–Trinajstić information content (AvgIpc) is 3.11. The SMILES string of the molecule is CN=C1CN(CC2CC(F)(F)[C@H](n3ccc(N)nc3=O)O2)CCC1=C(N)OCc1ccc(F)cc1. The summed E-state index contributed by atoms with van der Waals surface area (Å²) in [6.45, 7) is 1.33. The minimum Gasteiger partial charge on any atom is -0.474 e. The zero-order chi connectivity index (χ0) is 25.2. The number of likely N-dealkylation sites (tertiary alicyclic amines) is 1. The molecule has 0 aliphatic carbocycles. The Morgan fingerprint density at radius 2 is 2.06 bits per heavy atom. The number of aromatic nitrogens is 2. The number of halogens is 3. The Labute approximate surface area is 199 Å². The largest absolute Gasteiger partial charge is 0.474 e. The Balaban J connectivity index is 1.38. The van der Waals surface area contributed by atoms with Crippen LogP contribution in [0.5, 0.6) is 0 Å². The van der Waals surface area contributed by atoms with Crippen LogP contribution >= 0.6 is 0 Å². The fraction of sp³-hybridized carbons (Fsp3) is 0.435. The van der Waals surface area contributed by atoms with Crippen LogP contribution in [-0.4, -0.2) is 58.9 Å². The molecule has 4 rings (SSSR count). The van der Waals surface area contributed by atoms with E-state index in [1.807, 2.05) is 4.90 Å². The maximum absolute atomic E-state index is 14.7. The van der Waals surface area contributed by atoms with Crippen molar-refractivity contribution in [2.75, 3.05) is 32.4 Å². The van der Waals surface area contributed by atoms with Crippen molar-refractivity contribution in [1.29, 1.82) is 0 Å². The summed E-state index contributed by atoms with van der Waals surface area (Å²) in [5.74, 6) is -3.39. The second-order valence-electron chi connectivity index (χ2n) is 8.53. The molecule has 0 bridgehead atoms. The van der Waals surface area contributed by atoms with Gasteiger partial charge in [-0.05, 0) is 30.2 Å². The molecular weight excluding hydrogens is 465 g/mol. The van der Waals surface area contributed by atoms with Crippen LogP contribution in [0.4, 0.5) is 19.0 Å². The van der Waals surface area contributed by atoms with Crippen molar-refractivity contribution in [1.82, 2.24) is 14.5 Å². The predicted molar refractivity (Wildman–Crippen MR) is 123 cm³/mol. The molecule has 2 aromatic rings. The Kier molecular flexibility index (Phi) is 7.13. The number of hydrogen-bond donors (Lipinski definition) is 2. The Morgan fingerprint density at radius 1 is 1.31 bits per heavy atom. The topological polar surface area (TPSA) is 121 Å². The molecule has 0 amide bonds. The van der Waals surface area contributed by atoms with Crippen LogP contribution < -0.4 is 17.2 Å². The Bertz CT molecular complexity index is 1180. The summed E-state index contributed by atoms with van der Waals surface area (Å²) in [5.41, 5.74) is 12.9. The number of rotatable bonds is 6. The van der Waals surface area contributed by atoms with Crippen molar-refractivity contribution in [3.05, 3.63) is 69.8 Å². The molecule has 2 saturated heterocycles. The van der Waals surface area contributed by atoms with Gasteiger partial charge in [-0.2, -0.15) is 4.98 Å². The summed E-state index contributed by atoms with van der Waals surface area (Å²) in [7, 11) is 1.63. The number of aliphatic imine (C=N–C) groups is 1. The fourth-order valence-corrected chi connectivity index (χ4v) is 4.26. The molecule has 12 heteroatoms. The molecule has 3 heterocycles. The standard InChI is InChI=1S/C23H27F3N6O3/c1-29-18-12-31(8-6-17(18)20(28)34-13-14-2-4-15(24)5-3-14)11-16-10-23(25,26)21(35-16)32-9-7-19(27)30-22(32)33/h2-5,7,9,16,21H,6,8,10-13,28H2,1H3,(H2,27,30,33)/t16?,21-/m1/s1. The highest BCUT2D eigenvalue weighted by atomic mass is 19.3. The van der Waals surface area contributed by atoms with Crippen LogP contribution in [0, 0.1) is 5.82 Å². The molecule has 1 unspecified atom stereocenters. The second kappa shape index (κ2) is 10.1. The minimum absolute atomic E-state index is 0.0476. The van der Waals surface area contributed by atoms with E-state index < -0.39 is 30.4 Å². The van der Waals surface area contributed by atoms with Crippen LogP contribution in [0.2, 0.25) is 0 Å². The van der Waals surface area contributed by atoms with Crippen LogP contribution in [0.25, 0.3) is 0 Å². The van der Waals surface area contributed by atoms with Gasteiger partial charge in [0.15, 0.2) is 5.88 Å². The zero-order valence-electron chi connectivity index (χ0n) is 19.2. The van der Waals surface area contributed by atoms with E-state index in [0.717, 1.165) is 15.7 Å². The molecule has 2 atom stereocenters. The molecule has 0 saturated carbocycles. The van der Waals surface area contributed by atoms with Gasteiger partial charge in [-0.15, -0.1) is 0 Å². The fourth-order valence-electron chi connectivity index (χ4n) is 4.26. The molecule has 9 nitrogen and oxygen atoms in total. The summed E-state index contributed by atoms with van der Waals surface area (Å²) >= 11 is 0. The first-order valence-corrected chi connectivity index (χ1v) is 11.1. The van der Waals surface area contributed by atoms with E-state index in [2.05, 4.69) is 9.98 Å². The number of nitrogen functional groups attached to an aromatic ring is 1. The summed E-state index contributed by atoms with van der Waals surface area (Å²) in [6.07, 6.45) is -1.40. The van der Waals surface area contributed by atoms with Crippen molar-refractivity contribution < 1.29 is 22.6 Å². The second-order valence-corrected chi connectivity index (χ2v) is 8.53. The van der Waals surface area contributed by atoms with E-state index >= 15 is 0 Å². The Hall–Kier alpha value is -3.38. The molecule has 0 radical (unpaired) electrons. The molecule has 1 aromatic heterocycles. The number of nitrogens with two attached hydrogens (primary N) is 2. The third kappa shape index (κ3) is 5.65. The smallest absolute Gasteiger partial charge is 0.351 e. The number of alkyl halides is 2. The van der Waals surface area contributed by atoms with Gasteiger partial charge in [-0.1, -0.05) is 12.1 Å². The van der Waals surface area contributed by atoms with Crippen molar-refractivity contribution in [3.63, 3.8) is 0 Å². The van der Waals surface area contributed by atoms with Gasteiger partial charge >= 0.3 is 5.69 Å². The van der Waals surface area contributed by atoms with Gasteiger partial charge < -0.3 is 20.9 Å². The highest BCUT2D eigenvalue weighted by Gasteiger charge is 2.52. The van der Waals surface area contributed by atoms with Gasteiger partial charge in [-0.3, -0.25) is 14.5 Å². The molecule has 2 fully saturated rings. The summed E-state index contributed by atoms with van der Waals surface area (Å²) in [4.78, 5) is 21.8. The molecule has 35 heavy (non-hydrogen) atoms. The quantitative estimate of drug-likeness (QED) is 0.592. The summed E-state index contributed by atoms with van der Waals surface area (Å²) in [5, 5.41) is 0. The van der Waals surface area contributed by atoms with Crippen LogP contribution in [-0.2, 0) is 16.1 Å². The molecule has 2 aliphatic heterocycles. The first kappa shape index (κ1) is 24.7. The number of nitrogens with zero attached hydrogens (tertiary/aromatic N) is 4. The van der Waals surface area contributed by atoms with Gasteiger partial charge in [-0.25, -0.2) is 18.0 Å². The third-order valence-electron chi connectivity index (χ3n) is 6.02. The minimum atomic E-state index is -3.24. The van der Waals surface area contributed by atoms with Crippen LogP contribution in [0.3, 0.4) is 0 Å². The maximum atomic E-state index is 14.7. The summed E-state index contributed by atoms with van der Waals surface area (Å²) < 4.78 is 54.5. The van der Waals surface area contributed by atoms with E-state index in [1.165, 1.54) is 24.4 Å². The maximum Gasteiger partial charge on any atom is 0.351 e. The number of piperidine rings is 1. The molecule has 2 aliphatic rings. The number of benzene rings is 1. The zero-order valence-corrected chi connectivity index (χ0v) is 19.2. The highest BCUT2D eigenvalue weighted by molar-refractivity contribution is 6.02. The van der Waals surface area contributed by atoms with E-state index in [1.54, 1.807) is 19.2 Å². The predicted octanol–water partition coefficient (Wildman–Crippen LogP) is 2.05. The monoisotopic (exact) mass is 492 g/mol. The van der Waals surface area contributed by atoms with Gasteiger partial charge in [0.1, 0.15) is 18.2 Å². The molecule has 4 N–H and O–H groups in total. The number of ether oxygens (including phenoxy) is 2.